The molecule has 18 heavy (non-hydrogen) atoms. The highest BCUT2D eigenvalue weighted by molar-refractivity contribution is 9.10. The van der Waals surface area contributed by atoms with Gasteiger partial charge in [0.05, 0.1) is 0 Å². The Kier molecular flexibility index (Phi) is 3.62. The highest BCUT2D eigenvalue weighted by atomic mass is 79.9. The fraction of sp³-hybridized carbons (Fsp3) is 0.133. The zero-order valence-electron chi connectivity index (χ0n) is 10.1. The lowest BCUT2D eigenvalue weighted by atomic mass is 9.98. The van der Waals surface area contributed by atoms with Crippen molar-refractivity contribution in [1.82, 2.24) is 0 Å². The summed E-state index contributed by atoms with van der Waals surface area (Å²) in [5, 5.41) is 0. The summed E-state index contributed by atoms with van der Waals surface area (Å²) < 4.78 is 13.9. The molecule has 0 spiro atoms. The van der Waals surface area contributed by atoms with Gasteiger partial charge in [0, 0.05) is 15.6 Å². The molecule has 0 aliphatic rings. The highest BCUT2D eigenvalue weighted by Gasteiger charge is 2.13. The van der Waals surface area contributed by atoms with Gasteiger partial charge in [-0.3, -0.25) is 4.79 Å². The minimum atomic E-state index is -0.325. The van der Waals surface area contributed by atoms with E-state index in [1.807, 2.05) is 13.0 Å². The number of benzene rings is 2. The molecule has 1 nitrogen and oxygen atoms in total. The number of hydrogen-bond donors (Lipinski definition) is 0. The minimum Gasteiger partial charge on any atom is -0.289 e. The summed E-state index contributed by atoms with van der Waals surface area (Å²) in [7, 11) is 0. The maximum atomic E-state index is 13.0. The summed E-state index contributed by atoms with van der Waals surface area (Å²) in [6.07, 6.45) is 0. The molecule has 2 aromatic carbocycles. The number of aryl methyl sites for hydroxylation is 2. The molecule has 0 N–H and O–H groups in total. The van der Waals surface area contributed by atoms with Crippen molar-refractivity contribution in [2.45, 2.75) is 13.8 Å². The number of carbonyl (C=O) groups excluding carboxylic acids is 1. The van der Waals surface area contributed by atoms with Crippen molar-refractivity contribution < 1.29 is 9.18 Å². The molecule has 92 valence electrons. The lowest BCUT2D eigenvalue weighted by molar-refractivity contribution is 0.103. The first-order valence-electron chi connectivity index (χ1n) is 5.56. The van der Waals surface area contributed by atoms with Crippen LogP contribution in [0.15, 0.2) is 40.9 Å². The van der Waals surface area contributed by atoms with E-state index in [2.05, 4.69) is 15.9 Å². The second-order valence-corrected chi connectivity index (χ2v) is 5.11. The smallest absolute Gasteiger partial charge is 0.193 e. The van der Waals surface area contributed by atoms with E-state index in [4.69, 9.17) is 0 Å². The second kappa shape index (κ2) is 5.02. The fourth-order valence-corrected chi connectivity index (χ4v) is 2.15. The van der Waals surface area contributed by atoms with Gasteiger partial charge in [-0.15, -0.1) is 0 Å². The first-order chi connectivity index (χ1) is 8.49. The Hall–Kier alpha value is -1.48. The Morgan fingerprint density at radius 1 is 1.06 bits per heavy atom. The van der Waals surface area contributed by atoms with Crippen molar-refractivity contribution in [3.63, 3.8) is 0 Å². The van der Waals surface area contributed by atoms with Crippen molar-refractivity contribution in [2.75, 3.05) is 0 Å². The average Bonchev–Trinajstić information content (AvgIpc) is 2.32. The maximum Gasteiger partial charge on any atom is 0.193 e. The number of carbonyl (C=O) groups is 1. The molecule has 0 amide bonds. The maximum absolute atomic E-state index is 13.0. The zero-order chi connectivity index (χ0) is 13.3. The number of halogens is 2. The van der Waals surface area contributed by atoms with E-state index in [0.29, 0.717) is 16.7 Å². The van der Waals surface area contributed by atoms with Crippen LogP contribution in [0.3, 0.4) is 0 Å². The van der Waals surface area contributed by atoms with Gasteiger partial charge in [-0.1, -0.05) is 28.1 Å². The molecule has 2 aromatic rings. The Balaban J connectivity index is 2.44. The van der Waals surface area contributed by atoms with Crippen LogP contribution in [0.5, 0.6) is 0 Å². The first kappa shape index (κ1) is 13.0. The van der Waals surface area contributed by atoms with Crippen molar-refractivity contribution >= 4 is 21.7 Å². The van der Waals surface area contributed by atoms with Gasteiger partial charge in [0.2, 0.25) is 0 Å². The Morgan fingerprint density at radius 3 is 2.39 bits per heavy atom. The normalized spacial score (nSPS) is 10.4. The monoisotopic (exact) mass is 306 g/mol. The minimum absolute atomic E-state index is 0.0896. The Morgan fingerprint density at radius 2 is 1.78 bits per heavy atom. The van der Waals surface area contributed by atoms with Crippen LogP contribution in [0, 0.1) is 19.7 Å². The van der Waals surface area contributed by atoms with E-state index in [0.717, 1.165) is 10.0 Å². The Bertz CT molecular complexity index is 620. The molecule has 0 unspecified atom stereocenters. The number of ketones is 1. The van der Waals surface area contributed by atoms with Gasteiger partial charge in [0.15, 0.2) is 5.78 Å². The molecule has 0 bridgehead atoms. The summed E-state index contributed by atoms with van der Waals surface area (Å²) in [6, 6.07) is 9.67. The number of hydrogen-bond acceptors (Lipinski definition) is 1. The van der Waals surface area contributed by atoms with Crippen molar-refractivity contribution in [3.8, 4) is 0 Å². The largest absolute Gasteiger partial charge is 0.289 e. The van der Waals surface area contributed by atoms with Crippen LogP contribution in [-0.2, 0) is 0 Å². The first-order valence-corrected chi connectivity index (χ1v) is 6.35. The third-order valence-electron chi connectivity index (χ3n) is 2.87. The SMILES string of the molecule is Cc1ccc(C(=O)c2ccc(F)cc2C)cc1Br. The molecular formula is C15H12BrFO. The van der Waals surface area contributed by atoms with Crippen molar-refractivity contribution in [1.29, 1.82) is 0 Å². The van der Waals surface area contributed by atoms with Crippen LogP contribution in [0.2, 0.25) is 0 Å². The van der Waals surface area contributed by atoms with Crippen LogP contribution in [0.1, 0.15) is 27.0 Å². The van der Waals surface area contributed by atoms with E-state index in [9.17, 15) is 9.18 Å². The van der Waals surface area contributed by atoms with Gasteiger partial charge in [0.1, 0.15) is 5.82 Å². The summed E-state index contributed by atoms with van der Waals surface area (Å²) in [5.74, 6) is -0.415. The fourth-order valence-electron chi connectivity index (χ4n) is 1.77. The van der Waals surface area contributed by atoms with E-state index in [1.165, 1.54) is 18.2 Å². The Labute approximate surface area is 114 Å². The molecule has 0 aliphatic heterocycles. The molecule has 0 aromatic heterocycles. The van der Waals surface area contributed by atoms with Crippen molar-refractivity contribution in [2.24, 2.45) is 0 Å². The standard InChI is InChI=1S/C15H12BrFO/c1-9-3-4-11(8-14(9)16)15(18)13-6-5-12(17)7-10(13)2/h3-8H,1-2H3. The third-order valence-corrected chi connectivity index (χ3v) is 3.72. The predicted octanol–water partition coefficient (Wildman–Crippen LogP) is 4.44. The van der Waals surface area contributed by atoms with Gasteiger partial charge in [0.25, 0.3) is 0 Å². The lowest BCUT2D eigenvalue weighted by Crippen LogP contribution is -2.04. The van der Waals surface area contributed by atoms with Crippen LogP contribution in [0.25, 0.3) is 0 Å². The second-order valence-electron chi connectivity index (χ2n) is 4.25. The van der Waals surface area contributed by atoms with E-state index in [1.54, 1.807) is 19.1 Å². The highest BCUT2D eigenvalue weighted by Crippen LogP contribution is 2.21. The van der Waals surface area contributed by atoms with Gasteiger partial charge >= 0.3 is 0 Å². The summed E-state index contributed by atoms with van der Waals surface area (Å²) in [6.45, 7) is 3.70. The molecule has 0 atom stereocenters. The molecule has 0 saturated heterocycles. The molecule has 2 rings (SSSR count). The van der Waals surface area contributed by atoms with Crippen LogP contribution in [-0.4, -0.2) is 5.78 Å². The van der Waals surface area contributed by atoms with Crippen molar-refractivity contribution in [3.05, 3.63) is 68.9 Å². The molecule has 0 aliphatic carbocycles. The van der Waals surface area contributed by atoms with Gasteiger partial charge < -0.3 is 0 Å². The molecule has 0 fully saturated rings. The lowest BCUT2D eigenvalue weighted by Gasteiger charge is -2.06. The average molecular weight is 307 g/mol. The number of rotatable bonds is 2. The van der Waals surface area contributed by atoms with Crippen LogP contribution < -0.4 is 0 Å². The van der Waals surface area contributed by atoms with Crippen LogP contribution >= 0.6 is 15.9 Å². The molecule has 0 radical (unpaired) electrons. The summed E-state index contributed by atoms with van der Waals surface area (Å²) in [4.78, 5) is 12.3. The van der Waals surface area contributed by atoms with E-state index < -0.39 is 0 Å². The van der Waals surface area contributed by atoms with Gasteiger partial charge in [-0.2, -0.15) is 0 Å². The van der Waals surface area contributed by atoms with Gasteiger partial charge in [-0.25, -0.2) is 4.39 Å². The quantitative estimate of drug-likeness (QED) is 0.750. The molecule has 0 heterocycles. The third kappa shape index (κ3) is 2.51. The topological polar surface area (TPSA) is 17.1 Å². The van der Waals surface area contributed by atoms with Crippen LogP contribution in [0.4, 0.5) is 4.39 Å². The zero-order valence-corrected chi connectivity index (χ0v) is 11.7. The predicted molar refractivity (Wildman–Crippen MR) is 73.4 cm³/mol. The summed E-state index contributed by atoms with van der Waals surface area (Å²) in [5.41, 5.74) is 2.86. The molecule has 3 heteroatoms. The summed E-state index contributed by atoms with van der Waals surface area (Å²) >= 11 is 3.40. The van der Waals surface area contributed by atoms with E-state index in [-0.39, 0.29) is 11.6 Å². The van der Waals surface area contributed by atoms with Gasteiger partial charge in [-0.05, 0) is 49.2 Å². The molecule has 0 saturated carbocycles. The molecular weight excluding hydrogens is 295 g/mol. The van der Waals surface area contributed by atoms with E-state index >= 15 is 0 Å².